The number of imidazole rings is 1. The van der Waals surface area contributed by atoms with Crippen LogP contribution in [0.2, 0.25) is 0 Å². The van der Waals surface area contributed by atoms with E-state index in [9.17, 15) is 28.2 Å². The number of halogens is 3. The van der Waals surface area contributed by atoms with Crippen molar-refractivity contribution in [3.05, 3.63) is 35.8 Å². The van der Waals surface area contributed by atoms with Gasteiger partial charge in [-0.3, -0.25) is 4.57 Å². The van der Waals surface area contributed by atoms with Crippen LogP contribution in [-0.2, 0) is 4.79 Å². The number of carbonyl (C=O) groups is 1. The molecule has 0 radical (unpaired) electrons. The van der Waals surface area contributed by atoms with Gasteiger partial charge in [0.1, 0.15) is 17.0 Å². The lowest BCUT2D eigenvalue weighted by atomic mass is 9.82. The van der Waals surface area contributed by atoms with E-state index in [0.717, 1.165) is 6.42 Å². The average Bonchev–Trinajstić information content (AvgIpc) is 3.12. The Morgan fingerprint density at radius 1 is 1.21 bits per heavy atom. The van der Waals surface area contributed by atoms with Gasteiger partial charge in [-0.05, 0) is 32.1 Å². The van der Waals surface area contributed by atoms with E-state index in [1.807, 2.05) is 6.92 Å². The predicted molar refractivity (Wildman–Crippen MR) is 114 cm³/mol. The van der Waals surface area contributed by atoms with E-state index in [0.29, 0.717) is 35.8 Å². The largest absolute Gasteiger partial charge is 0.479 e. The Balaban J connectivity index is 1.77. The Labute approximate surface area is 186 Å². The maximum absolute atomic E-state index is 14.3. The first kappa shape index (κ1) is 22.8. The van der Waals surface area contributed by atoms with Crippen LogP contribution in [0.15, 0.2) is 18.3 Å². The van der Waals surface area contributed by atoms with Gasteiger partial charge in [0.05, 0.1) is 6.20 Å². The monoisotopic (exact) mass is 464 g/mol. The molecule has 12 heteroatoms. The summed E-state index contributed by atoms with van der Waals surface area (Å²) in [5.41, 5.74) is -1.69. The van der Waals surface area contributed by atoms with Crippen molar-refractivity contribution in [3.8, 4) is 0 Å². The van der Waals surface area contributed by atoms with Crippen molar-refractivity contribution in [1.29, 1.82) is 0 Å². The number of nitrogens with one attached hydrogen (secondary N) is 2. The summed E-state index contributed by atoms with van der Waals surface area (Å²) in [6.45, 7) is 2.61. The molecule has 0 atom stereocenters. The lowest BCUT2D eigenvalue weighted by Gasteiger charge is -2.33. The first-order chi connectivity index (χ1) is 15.7. The number of hydrogen-bond donors (Lipinski definition) is 4. The minimum Gasteiger partial charge on any atom is -0.479 e. The zero-order valence-corrected chi connectivity index (χ0v) is 17.8. The van der Waals surface area contributed by atoms with Crippen LogP contribution in [0.1, 0.15) is 45.1 Å². The topological polar surface area (TPSA) is 125 Å². The van der Waals surface area contributed by atoms with Crippen LogP contribution in [0.5, 0.6) is 0 Å². The van der Waals surface area contributed by atoms with Crippen LogP contribution < -0.4 is 10.6 Å². The lowest BCUT2D eigenvalue weighted by molar-refractivity contribution is -0.162. The maximum Gasteiger partial charge on any atom is 0.335 e. The SMILES string of the molecule is CCCNc1ncc2nc(Nc3c(F)cc(F)cc3F)n(C3CCC(O)(C(=O)O)CC3)c2n1. The number of anilines is 3. The predicted octanol–water partition coefficient (Wildman–Crippen LogP) is 3.74. The third kappa shape index (κ3) is 4.42. The number of nitrogens with zero attached hydrogens (tertiary/aromatic N) is 4. The van der Waals surface area contributed by atoms with Gasteiger partial charge >= 0.3 is 5.97 Å². The van der Waals surface area contributed by atoms with E-state index >= 15 is 0 Å². The molecule has 0 unspecified atom stereocenters. The Bertz CT molecular complexity index is 1170. The van der Waals surface area contributed by atoms with Crippen LogP contribution >= 0.6 is 0 Å². The van der Waals surface area contributed by atoms with Crippen LogP contribution in [0.3, 0.4) is 0 Å². The van der Waals surface area contributed by atoms with Crippen molar-refractivity contribution in [2.75, 3.05) is 17.2 Å². The van der Waals surface area contributed by atoms with E-state index in [1.54, 1.807) is 4.57 Å². The summed E-state index contributed by atoms with van der Waals surface area (Å²) in [6.07, 6.45) is 2.80. The minimum atomic E-state index is -1.83. The molecule has 0 bridgehead atoms. The molecule has 4 rings (SSSR count). The summed E-state index contributed by atoms with van der Waals surface area (Å²) in [5.74, 6) is -4.23. The number of rotatable bonds is 7. The number of fused-ring (bicyclic) bond motifs is 1. The fourth-order valence-electron chi connectivity index (χ4n) is 3.97. The second kappa shape index (κ2) is 8.85. The Kier molecular flexibility index (Phi) is 6.11. The lowest BCUT2D eigenvalue weighted by Crippen LogP contribution is -2.42. The minimum absolute atomic E-state index is 0.0165. The third-order valence-corrected chi connectivity index (χ3v) is 5.76. The highest BCUT2D eigenvalue weighted by Gasteiger charge is 2.41. The second-order valence-electron chi connectivity index (χ2n) is 8.07. The Morgan fingerprint density at radius 2 is 1.88 bits per heavy atom. The fraction of sp³-hybridized carbons (Fsp3) is 0.429. The molecular weight excluding hydrogens is 441 g/mol. The molecular formula is C21H23F3N6O3. The summed E-state index contributed by atoms with van der Waals surface area (Å²) >= 11 is 0. The van der Waals surface area contributed by atoms with Crippen molar-refractivity contribution >= 4 is 34.7 Å². The molecule has 0 amide bonds. The van der Waals surface area contributed by atoms with Crippen LogP contribution in [-0.4, -0.2) is 47.8 Å². The van der Waals surface area contributed by atoms with Gasteiger partial charge < -0.3 is 20.8 Å². The zero-order chi connectivity index (χ0) is 23.8. The van der Waals surface area contributed by atoms with E-state index in [4.69, 9.17) is 0 Å². The molecule has 1 aliphatic carbocycles. The van der Waals surface area contributed by atoms with Gasteiger partial charge in [0.2, 0.25) is 11.9 Å². The molecule has 176 valence electrons. The second-order valence-corrected chi connectivity index (χ2v) is 8.07. The molecule has 2 heterocycles. The van der Waals surface area contributed by atoms with Crippen molar-refractivity contribution in [1.82, 2.24) is 19.5 Å². The third-order valence-electron chi connectivity index (χ3n) is 5.76. The highest BCUT2D eigenvalue weighted by Crippen LogP contribution is 2.39. The van der Waals surface area contributed by atoms with Gasteiger partial charge in [-0.2, -0.15) is 4.98 Å². The van der Waals surface area contributed by atoms with E-state index < -0.39 is 34.7 Å². The molecule has 0 aliphatic heterocycles. The summed E-state index contributed by atoms with van der Waals surface area (Å²) in [4.78, 5) is 24.5. The summed E-state index contributed by atoms with van der Waals surface area (Å²) < 4.78 is 43.6. The number of carboxylic acids is 1. The molecule has 0 spiro atoms. The van der Waals surface area contributed by atoms with Gasteiger partial charge in [0.25, 0.3) is 0 Å². The molecule has 2 aromatic heterocycles. The Hall–Kier alpha value is -3.41. The van der Waals surface area contributed by atoms with E-state index in [1.165, 1.54) is 6.20 Å². The van der Waals surface area contributed by atoms with Crippen LogP contribution in [0, 0.1) is 17.5 Å². The Morgan fingerprint density at radius 3 is 2.48 bits per heavy atom. The molecule has 1 saturated carbocycles. The highest BCUT2D eigenvalue weighted by atomic mass is 19.1. The van der Waals surface area contributed by atoms with Crippen molar-refractivity contribution in [2.45, 2.75) is 50.7 Å². The number of benzene rings is 1. The molecule has 1 fully saturated rings. The smallest absolute Gasteiger partial charge is 0.335 e. The standard InChI is InChI=1S/C21H23F3N6O3/c1-2-7-25-19-26-10-15-17(29-19)30(12-3-5-21(33,6-4-12)18(31)32)20(27-15)28-16-13(23)8-11(22)9-14(16)24/h8-10,12,33H,2-7H2,1H3,(H,27,28)(H,31,32)(H,25,26,29). The zero-order valence-electron chi connectivity index (χ0n) is 17.8. The van der Waals surface area contributed by atoms with Gasteiger partial charge in [-0.15, -0.1) is 0 Å². The van der Waals surface area contributed by atoms with Gasteiger partial charge in [-0.25, -0.2) is 27.9 Å². The molecule has 1 aliphatic rings. The molecule has 3 aromatic rings. The van der Waals surface area contributed by atoms with Gasteiger partial charge in [0.15, 0.2) is 22.9 Å². The summed E-state index contributed by atoms with van der Waals surface area (Å²) in [6, 6.07) is 0.745. The summed E-state index contributed by atoms with van der Waals surface area (Å²) in [7, 11) is 0. The van der Waals surface area contributed by atoms with Gasteiger partial charge in [0, 0.05) is 24.7 Å². The molecule has 1 aromatic carbocycles. The van der Waals surface area contributed by atoms with Gasteiger partial charge in [-0.1, -0.05) is 6.92 Å². The number of aliphatic carboxylic acids is 1. The number of aromatic nitrogens is 4. The maximum atomic E-state index is 14.3. The molecule has 33 heavy (non-hydrogen) atoms. The number of aliphatic hydroxyl groups is 1. The molecule has 0 saturated heterocycles. The van der Waals surface area contributed by atoms with E-state index in [2.05, 4.69) is 25.6 Å². The van der Waals surface area contributed by atoms with E-state index in [-0.39, 0.29) is 37.7 Å². The molecule has 4 N–H and O–H groups in total. The highest BCUT2D eigenvalue weighted by molar-refractivity contribution is 5.78. The van der Waals surface area contributed by atoms with Crippen molar-refractivity contribution in [2.24, 2.45) is 0 Å². The first-order valence-electron chi connectivity index (χ1n) is 10.6. The quantitative estimate of drug-likeness (QED) is 0.417. The molecule has 9 nitrogen and oxygen atoms in total. The normalized spacial score (nSPS) is 20.7. The number of carboxylic acid groups (broad SMARTS) is 1. The van der Waals surface area contributed by atoms with Crippen molar-refractivity contribution < 1.29 is 28.2 Å². The van der Waals surface area contributed by atoms with Crippen LogP contribution in [0.25, 0.3) is 11.2 Å². The number of hydrogen-bond acceptors (Lipinski definition) is 7. The summed E-state index contributed by atoms with van der Waals surface area (Å²) in [5, 5.41) is 25.3. The van der Waals surface area contributed by atoms with Crippen molar-refractivity contribution in [3.63, 3.8) is 0 Å². The first-order valence-corrected chi connectivity index (χ1v) is 10.6. The average molecular weight is 464 g/mol. The fourth-order valence-corrected chi connectivity index (χ4v) is 3.97. The van der Waals surface area contributed by atoms with Crippen LogP contribution in [0.4, 0.5) is 30.8 Å².